The molecule has 2 aliphatic rings. The molecule has 5 heteroatoms. The van der Waals surface area contributed by atoms with Gasteiger partial charge in [-0.1, -0.05) is 0 Å². The number of alkyl halides is 2. The lowest BCUT2D eigenvalue weighted by Crippen LogP contribution is -2.62. The smallest absolute Gasteiger partial charge is 0.249 e. The zero-order valence-corrected chi connectivity index (χ0v) is 8.62. The van der Waals surface area contributed by atoms with Gasteiger partial charge in [-0.05, 0) is 12.2 Å². The third-order valence-corrected chi connectivity index (χ3v) is 4.66. The third kappa shape index (κ3) is 1.37. The first-order valence-corrected chi connectivity index (χ1v) is 5.87. The molecule has 1 saturated carbocycles. The molecule has 1 atom stereocenters. The van der Waals surface area contributed by atoms with Crippen LogP contribution in [0.25, 0.3) is 0 Å². The van der Waals surface area contributed by atoms with Gasteiger partial charge in [-0.3, -0.25) is 0 Å². The average molecular weight is 224 g/mol. The summed E-state index contributed by atoms with van der Waals surface area (Å²) in [4.78, 5) is 0. The first-order valence-electron chi connectivity index (χ1n) is 4.72. The van der Waals surface area contributed by atoms with Crippen molar-refractivity contribution in [3.63, 3.8) is 0 Å². The molecule has 0 amide bonds. The van der Waals surface area contributed by atoms with E-state index in [0.717, 1.165) is 5.75 Å². The van der Waals surface area contributed by atoms with Crippen LogP contribution in [-0.4, -0.2) is 39.8 Å². The minimum absolute atomic E-state index is 0.334. The van der Waals surface area contributed by atoms with Crippen LogP contribution in [0.1, 0.15) is 19.3 Å². The molecule has 14 heavy (non-hydrogen) atoms. The molecular formula is C9H14F2O2S. The number of hydrogen-bond acceptors (Lipinski definition) is 3. The molecule has 0 aromatic heterocycles. The molecule has 0 bridgehead atoms. The van der Waals surface area contributed by atoms with Crippen LogP contribution in [0, 0.1) is 5.41 Å². The fraction of sp³-hybridized carbons (Fsp3) is 1.00. The Morgan fingerprint density at radius 1 is 1.29 bits per heavy atom. The topological polar surface area (TPSA) is 40.5 Å². The van der Waals surface area contributed by atoms with Gasteiger partial charge in [0.25, 0.3) is 0 Å². The lowest BCUT2D eigenvalue weighted by molar-refractivity contribution is -0.244. The summed E-state index contributed by atoms with van der Waals surface area (Å²) in [5.41, 5.74) is -2.02. The van der Waals surface area contributed by atoms with E-state index in [1.807, 2.05) is 0 Å². The number of rotatable bonds is 2. The number of aliphatic hydroxyl groups is 2. The zero-order valence-electron chi connectivity index (χ0n) is 7.80. The van der Waals surface area contributed by atoms with Crippen molar-refractivity contribution in [3.05, 3.63) is 0 Å². The van der Waals surface area contributed by atoms with Gasteiger partial charge < -0.3 is 10.2 Å². The summed E-state index contributed by atoms with van der Waals surface area (Å²) >= 11 is 1.57. The minimum atomic E-state index is -2.69. The molecule has 2 N–H and O–H groups in total. The van der Waals surface area contributed by atoms with Crippen LogP contribution in [0.4, 0.5) is 8.78 Å². The Bertz CT molecular complexity index is 231. The number of hydrogen-bond donors (Lipinski definition) is 2. The van der Waals surface area contributed by atoms with Gasteiger partial charge in [-0.25, -0.2) is 8.78 Å². The maximum absolute atomic E-state index is 12.8. The van der Waals surface area contributed by atoms with Crippen molar-refractivity contribution in [3.8, 4) is 0 Å². The monoisotopic (exact) mass is 224 g/mol. The lowest BCUT2D eigenvalue weighted by Gasteiger charge is -2.54. The van der Waals surface area contributed by atoms with Crippen molar-refractivity contribution in [2.45, 2.75) is 30.8 Å². The van der Waals surface area contributed by atoms with Crippen molar-refractivity contribution in [1.29, 1.82) is 0 Å². The Kier molecular flexibility index (Phi) is 2.33. The molecule has 2 fully saturated rings. The summed E-state index contributed by atoms with van der Waals surface area (Å²) in [6, 6.07) is 0. The molecule has 1 unspecified atom stereocenters. The lowest BCUT2D eigenvalue weighted by atomic mass is 9.57. The van der Waals surface area contributed by atoms with Crippen LogP contribution in [0.15, 0.2) is 0 Å². The molecule has 0 radical (unpaired) electrons. The molecule has 1 aliphatic heterocycles. The highest BCUT2D eigenvalue weighted by molar-refractivity contribution is 7.99. The molecule has 0 spiro atoms. The van der Waals surface area contributed by atoms with Crippen LogP contribution in [0.5, 0.6) is 0 Å². The number of thioether (sulfide) groups is 1. The van der Waals surface area contributed by atoms with E-state index in [-0.39, 0.29) is 19.4 Å². The fourth-order valence-corrected chi connectivity index (χ4v) is 3.91. The van der Waals surface area contributed by atoms with E-state index in [1.165, 1.54) is 0 Å². The van der Waals surface area contributed by atoms with E-state index >= 15 is 0 Å². The van der Waals surface area contributed by atoms with Gasteiger partial charge in [-0.2, -0.15) is 11.8 Å². The van der Waals surface area contributed by atoms with Crippen molar-refractivity contribution in [1.82, 2.24) is 0 Å². The van der Waals surface area contributed by atoms with E-state index in [0.29, 0.717) is 12.2 Å². The first kappa shape index (κ1) is 10.6. The molecular weight excluding hydrogens is 210 g/mol. The molecule has 0 aromatic rings. The van der Waals surface area contributed by atoms with Crippen LogP contribution < -0.4 is 0 Å². The Morgan fingerprint density at radius 2 is 1.93 bits per heavy atom. The van der Waals surface area contributed by atoms with Gasteiger partial charge in [0, 0.05) is 24.0 Å². The Morgan fingerprint density at radius 3 is 2.29 bits per heavy atom. The molecule has 1 heterocycles. The maximum Gasteiger partial charge on any atom is 0.249 e. The van der Waals surface area contributed by atoms with E-state index in [4.69, 9.17) is 0 Å². The van der Waals surface area contributed by atoms with Gasteiger partial charge in [0.15, 0.2) is 0 Å². The predicted octanol–water partition coefficient (Wildman–Crippen LogP) is 1.26. The molecule has 2 nitrogen and oxygen atoms in total. The van der Waals surface area contributed by atoms with E-state index < -0.39 is 16.9 Å². The minimum Gasteiger partial charge on any atom is -0.396 e. The van der Waals surface area contributed by atoms with E-state index in [9.17, 15) is 19.0 Å². The second kappa shape index (κ2) is 3.06. The van der Waals surface area contributed by atoms with Gasteiger partial charge in [0.2, 0.25) is 5.92 Å². The molecule has 1 aliphatic carbocycles. The normalized spacial score (nSPS) is 39.4. The summed E-state index contributed by atoms with van der Waals surface area (Å²) in [6.07, 6.45) is -0.213. The summed E-state index contributed by atoms with van der Waals surface area (Å²) in [6.45, 7) is -0.334. The first-order chi connectivity index (χ1) is 6.43. The number of aliphatic hydroxyl groups excluding tert-OH is 1. The van der Waals surface area contributed by atoms with Gasteiger partial charge >= 0.3 is 0 Å². The average Bonchev–Trinajstić information content (AvgIpc) is 2.48. The highest BCUT2D eigenvalue weighted by Gasteiger charge is 2.65. The van der Waals surface area contributed by atoms with Crippen LogP contribution in [0.3, 0.4) is 0 Å². The van der Waals surface area contributed by atoms with Crippen molar-refractivity contribution >= 4 is 11.8 Å². The van der Waals surface area contributed by atoms with Gasteiger partial charge in [-0.15, -0.1) is 0 Å². The van der Waals surface area contributed by atoms with Crippen LogP contribution in [-0.2, 0) is 0 Å². The van der Waals surface area contributed by atoms with E-state index in [2.05, 4.69) is 0 Å². The molecule has 2 rings (SSSR count). The quantitative estimate of drug-likeness (QED) is 0.742. The largest absolute Gasteiger partial charge is 0.396 e. The summed E-state index contributed by atoms with van der Waals surface area (Å²) < 4.78 is 25.6. The van der Waals surface area contributed by atoms with Crippen LogP contribution in [0.2, 0.25) is 0 Å². The Labute approximate surface area is 85.7 Å². The summed E-state index contributed by atoms with van der Waals surface area (Å²) in [5, 5.41) is 19.4. The standard InChI is InChI=1S/C9H14F2O2S/c10-9(11)3-7(4-9,5-12)8(13)1-2-14-6-8/h12-13H,1-6H2. The SMILES string of the molecule is OCC1(C2(O)CCSC2)CC(F)(F)C1. The molecule has 82 valence electrons. The summed E-state index contributed by atoms with van der Waals surface area (Å²) in [5.74, 6) is -1.42. The second-order valence-corrected chi connectivity index (χ2v) is 5.59. The maximum atomic E-state index is 12.8. The van der Waals surface area contributed by atoms with Gasteiger partial charge in [0.1, 0.15) is 0 Å². The second-order valence-electron chi connectivity index (χ2n) is 4.48. The van der Waals surface area contributed by atoms with Crippen molar-refractivity contribution in [2.75, 3.05) is 18.1 Å². The Balaban J connectivity index is 2.14. The highest BCUT2D eigenvalue weighted by Crippen LogP contribution is 2.60. The fourth-order valence-electron chi connectivity index (χ4n) is 2.50. The van der Waals surface area contributed by atoms with Crippen molar-refractivity contribution in [2.24, 2.45) is 5.41 Å². The molecule has 1 saturated heterocycles. The van der Waals surface area contributed by atoms with Gasteiger partial charge in [0.05, 0.1) is 12.2 Å². The highest BCUT2D eigenvalue weighted by atomic mass is 32.2. The zero-order chi connectivity index (χ0) is 10.4. The van der Waals surface area contributed by atoms with Crippen LogP contribution >= 0.6 is 11.8 Å². The number of halogens is 2. The van der Waals surface area contributed by atoms with E-state index in [1.54, 1.807) is 11.8 Å². The summed E-state index contributed by atoms with van der Waals surface area (Å²) in [7, 11) is 0. The molecule has 0 aromatic carbocycles. The predicted molar refractivity (Wildman–Crippen MR) is 50.6 cm³/mol. The third-order valence-electron chi connectivity index (χ3n) is 3.48. The Hall–Kier alpha value is 0.130. The van der Waals surface area contributed by atoms with Crippen molar-refractivity contribution < 1.29 is 19.0 Å².